The minimum Gasteiger partial charge on any atom is -0.489 e. The molecule has 8 heteroatoms. The van der Waals surface area contributed by atoms with Crippen LogP contribution in [0, 0.1) is 0 Å². The quantitative estimate of drug-likeness (QED) is 0.625. The summed E-state index contributed by atoms with van der Waals surface area (Å²) in [6.45, 7) is 1.96. The highest BCUT2D eigenvalue weighted by molar-refractivity contribution is 6.30. The number of carbonyl (C=O) groups excluding carboxylic acids is 3. The number of benzene rings is 2. The van der Waals surface area contributed by atoms with Gasteiger partial charge in [0.2, 0.25) is 5.91 Å². The van der Waals surface area contributed by atoms with Crippen molar-refractivity contribution in [2.45, 2.75) is 13.5 Å². The van der Waals surface area contributed by atoms with Crippen LogP contribution in [0.5, 0.6) is 5.75 Å². The second-order valence-electron chi connectivity index (χ2n) is 5.75. The number of amides is 2. The highest BCUT2D eigenvalue weighted by atomic mass is 35.5. The summed E-state index contributed by atoms with van der Waals surface area (Å²) in [5, 5.41) is 5.54. The summed E-state index contributed by atoms with van der Waals surface area (Å²) in [6, 6.07) is 13.7. The van der Waals surface area contributed by atoms with Gasteiger partial charge >= 0.3 is 5.97 Å². The standard InChI is InChI=1S/C20H21ClN2O5/c1-2-22-18(24)11-23-19(25)13-28-20(26)15-5-3-14(4-6-15)12-27-17-9-7-16(21)8-10-17/h3-10H,2,11-13H2,1H3,(H,22,24)(H,23,25). The molecule has 148 valence electrons. The molecule has 2 rings (SSSR count). The molecular weight excluding hydrogens is 384 g/mol. The van der Waals surface area contributed by atoms with Gasteiger partial charge in [-0.2, -0.15) is 0 Å². The van der Waals surface area contributed by atoms with Crippen LogP contribution >= 0.6 is 11.6 Å². The van der Waals surface area contributed by atoms with Crippen LogP contribution in [-0.2, 0) is 20.9 Å². The van der Waals surface area contributed by atoms with Crippen molar-refractivity contribution >= 4 is 29.4 Å². The van der Waals surface area contributed by atoms with E-state index >= 15 is 0 Å². The van der Waals surface area contributed by atoms with E-state index in [2.05, 4.69) is 10.6 Å². The SMILES string of the molecule is CCNC(=O)CNC(=O)COC(=O)c1ccc(COc2ccc(Cl)cc2)cc1. The van der Waals surface area contributed by atoms with Crippen LogP contribution in [0.2, 0.25) is 5.02 Å². The van der Waals surface area contributed by atoms with Crippen molar-refractivity contribution in [2.75, 3.05) is 19.7 Å². The van der Waals surface area contributed by atoms with E-state index in [9.17, 15) is 14.4 Å². The fourth-order valence-corrected chi connectivity index (χ4v) is 2.26. The highest BCUT2D eigenvalue weighted by Gasteiger charge is 2.11. The molecule has 0 aliphatic carbocycles. The van der Waals surface area contributed by atoms with Crippen LogP contribution < -0.4 is 15.4 Å². The molecule has 0 fully saturated rings. The lowest BCUT2D eigenvalue weighted by Gasteiger charge is -2.08. The molecule has 0 aliphatic rings. The third-order valence-electron chi connectivity index (χ3n) is 3.56. The van der Waals surface area contributed by atoms with Crippen LogP contribution in [0.15, 0.2) is 48.5 Å². The monoisotopic (exact) mass is 404 g/mol. The molecule has 0 radical (unpaired) electrons. The Morgan fingerprint density at radius 3 is 2.25 bits per heavy atom. The fraction of sp³-hybridized carbons (Fsp3) is 0.250. The molecule has 0 unspecified atom stereocenters. The summed E-state index contributed by atoms with van der Waals surface area (Å²) in [4.78, 5) is 34.8. The summed E-state index contributed by atoms with van der Waals surface area (Å²) in [5.74, 6) is -0.795. The van der Waals surface area contributed by atoms with Gasteiger partial charge in [0.1, 0.15) is 12.4 Å². The van der Waals surface area contributed by atoms with Crippen LogP contribution in [0.4, 0.5) is 0 Å². The first-order valence-corrected chi connectivity index (χ1v) is 9.03. The molecule has 0 aliphatic heterocycles. The van der Waals surface area contributed by atoms with Crippen molar-refractivity contribution in [3.63, 3.8) is 0 Å². The lowest BCUT2D eigenvalue weighted by atomic mass is 10.1. The predicted molar refractivity (Wildman–Crippen MR) is 104 cm³/mol. The van der Waals surface area contributed by atoms with E-state index in [4.69, 9.17) is 21.1 Å². The average Bonchev–Trinajstić information content (AvgIpc) is 2.70. The lowest BCUT2D eigenvalue weighted by Crippen LogP contribution is -2.38. The van der Waals surface area contributed by atoms with Gasteiger partial charge in [-0.25, -0.2) is 4.79 Å². The van der Waals surface area contributed by atoms with Crippen LogP contribution in [0.25, 0.3) is 0 Å². The van der Waals surface area contributed by atoms with Gasteiger partial charge in [0.05, 0.1) is 12.1 Å². The maximum absolute atomic E-state index is 12.0. The largest absolute Gasteiger partial charge is 0.489 e. The van der Waals surface area contributed by atoms with Crippen molar-refractivity contribution in [3.05, 3.63) is 64.7 Å². The number of rotatable bonds is 9. The second kappa shape index (κ2) is 10.9. The minimum absolute atomic E-state index is 0.160. The van der Waals surface area contributed by atoms with Gasteiger partial charge in [-0.05, 0) is 48.9 Å². The fourth-order valence-electron chi connectivity index (χ4n) is 2.14. The van der Waals surface area contributed by atoms with E-state index in [-0.39, 0.29) is 12.5 Å². The highest BCUT2D eigenvalue weighted by Crippen LogP contribution is 2.17. The molecule has 28 heavy (non-hydrogen) atoms. The normalized spacial score (nSPS) is 10.1. The summed E-state index contributed by atoms with van der Waals surface area (Å²) < 4.78 is 10.6. The number of carbonyl (C=O) groups is 3. The van der Waals surface area contributed by atoms with E-state index in [1.807, 2.05) is 0 Å². The summed E-state index contributed by atoms with van der Waals surface area (Å²) in [7, 11) is 0. The van der Waals surface area contributed by atoms with E-state index in [0.29, 0.717) is 29.5 Å². The van der Waals surface area contributed by atoms with E-state index in [0.717, 1.165) is 5.56 Å². The van der Waals surface area contributed by atoms with Crippen LogP contribution in [-0.4, -0.2) is 37.5 Å². The summed E-state index contributed by atoms with van der Waals surface area (Å²) in [6.07, 6.45) is 0. The van der Waals surface area contributed by atoms with Gasteiger partial charge in [-0.15, -0.1) is 0 Å². The van der Waals surface area contributed by atoms with E-state index in [1.54, 1.807) is 55.5 Å². The average molecular weight is 405 g/mol. The van der Waals surface area contributed by atoms with Crippen molar-refractivity contribution < 1.29 is 23.9 Å². The van der Waals surface area contributed by atoms with Crippen LogP contribution in [0.1, 0.15) is 22.8 Å². The topological polar surface area (TPSA) is 93.7 Å². The van der Waals surface area contributed by atoms with Crippen molar-refractivity contribution in [3.8, 4) is 5.75 Å². The van der Waals surface area contributed by atoms with Crippen molar-refractivity contribution in [1.82, 2.24) is 10.6 Å². The molecule has 0 atom stereocenters. The third kappa shape index (κ3) is 7.28. The number of esters is 1. The molecular formula is C20H21ClN2O5. The van der Waals surface area contributed by atoms with Crippen molar-refractivity contribution in [2.24, 2.45) is 0 Å². The van der Waals surface area contributed by atoms with Gasteiger partial charge in [0.25, 0.3) is 5.91 Å². The minimum atomic E-state index is -0.627. The molecule has 2 aromatic carbocycles. The molecule has 2 N–H and O–H groups in total. The Morgan fingerprint density at radius 2 is 1.61 bits per heavy atom. The van der Waals surface area contributed by atoms with Crippen LogP contribution in [0.3, 0.4) is 0 Å². The molecule has 2 amide bonds. The predicted octanol–water partition coefficient (Wildman–Crippen LogP) is 2.33. The Labute approximate surface area is 168 Å². The molecule has 0 saturated carbocycles. The number of hydrogen-bond donors (Lipinski definition) is 2. The second-order valence-corrected chi connectivity index (χ2v) is 6.18. The smallest absolute Gasteiger partial charge is 0.338 e. The van der Waals surface area contributed by atoms with Gasteiger partial charge in [-0.1, -0.05) is 23.7 Å². The van der Waals surface area contributed by atoms with Gasteiger partial charge in [0, 0.05) is 11.6 Å². The Bertz CT molecular complexity index is 806. The van der Waals surface area contributed by atoms with Gasteiger partial charge < -0.3 is 20.1 Å². The number of hydrogen-bond acceptors (Lipinski definition) is 5. The molecule has 0 heterocycles. The van der Waals surface area contributed by atoms with E-state index in [1.165, 1.54) is 0 Å². The zero-order chi connectivity index (χ0) is 20.4. The summed E-state index contributed by atoms with van der Waals surface area (Å²) >= 11 is 5.82. The summed E-state index contributed by atoms with van der Waals surface area (Å²) in [5.41, 5.74) is 1.18. The third-order valence-corrected chi connectivity index (χ3v) is 3.82. The number of halogens is 1. The van der Waals surface area contributed by atoms with Gasteiger partial charge in [-0.3, -0.25) is 9.59 Å². The molecule has 7 nitrogen and oxygen atoms in total. The molecule has 0 bridgehead atoms. The number of likely N-dealkylation sites (N-methyl/N-ethyl adjacent to an activating group) is 1. The molecule has 0 saturated heterocycles. The Balaban J connectivity index is 1.75. The van der Waals surface area contributed by atoms with Crippen molar-refractivity contribution in [1.29, 1.82) is 0 Å². The maximum Gasteiger partial charge on any atom is 0.338 e. The Hall–Kier alpha value is -3.06. The lowest BCUT2D eigenvalue weighted by molar-refractivity contribution is -0.127. The molecule has 2 aromatic rings. The first-order valence-electron chi connectivity index (χ1n) is 8.65. The Kier molecular flexibility index (Phi) is 8.30. The molecule has 0 aromatic heterocycles. The maximum atomic E-state index is 12.0. The first-order chi connectivity index (χ1) is 13.5. The first kappa shape index (κ1) is 21.2. The number of nitrogens with one attached hydrogen (secondary N) is 2. The zero-order valence-electron chi connectivity index (χ0n) is 15.4. The zero-order valence-corrected chi connectivity index (χ0v) is 16.1. The van der Waals surface area contributed by atoms with E-state index < -0.39 is 18.5 Å². The number of ether oxygens (including phenoxy) is 2. The molecule has 0 spiro atoms. The van der Waals surface area contributed by atoms with Gasteiger partial charge in [0.15, 0.2) is 6.61 Å². The Morgan fingerprint density at radius 1 is 0.929 bits per heavy atom.